The monoisotopic (exact) mass is 126 g/mol. The van der Waals surface area contributed by atoms with Gasteiger partial charge in [0.05, 0.1) is 0 Å². The fourth-order valence-corrected chi connectivity index (χ4v) is 0.523. The SMILES string of the molecule is Cc1ccc(OC=O)o1. The van der Waals surface area contributed by atoms with Gasteiger partial charge in [0, 0.05) is 6.07 Å². The molecular formula is C6H6O3. The molecule has 3 nitrogen and oxygen atoms in total. The number of rotatable bonds is 2. The van der Waals surface area contributed by atoms with Gasteiger partial charge in [0.2, 0.25) is 0 Å². The van der Waals surface area contributed by atoms with Gasteiger partial charge in [-0.3, -0.25) is 4.79 Å². The molecule has 0 bridgehead atoms. The molecular weight excluding hydrogens is 120 g/mol. The third kappa shape index (κ3) is 1.32. The van der Waals surface area contributed by atoms with Crippen LogP contribution >= 0.6 is 0 Å². The van der Waals surface area contributed by atoms with Crippen LogP contribution in [-0.2, 0) is 4.79 Å². The van der Waals surface area contributed by atoms with Gasteiger partial charge in [-0.2, -0.15) is 0 Å². The number of carbonyl (C=O) groups excluding carboxylic acids is 1. The summed E-state index contributed by atoms with van der Waals surface area (Å²) in [5.74, 6) is 0.967. The van der Waals surface area contributed by atoms with Crippen LogP contribution < -0.4 is 4.74 Å². The molecule has 1 rings (SSSR count). The second-order valence-corrected chi connectivity index (χ2v) is 1.58. The minimum atomic E-state index is 0.238. The quantitative estimate of drug-likeness (QED) is 0.557. The summed E-state index contributed by atoms with van der Waals surface area (Å²) in [6.07, 6.45) is 0. The zero-order chi connectivity index (χ0) is 6.69. The van der Waals surface area contributed by atoms with Crippen LogP contribution in [0, 0.1) is 6.92 Å². The molecule has 0 saturated heterocycles. The average Bonchev–Trinajstić information content (AvgIpc) is 2.17. The number of hydrogen-bond donors (Lipinski definition) is 0. The van der Waals surface area contributed by atoms with Crippen molar-refractivity contribution in [2.75, 3.05) is 0 Å². The van der Waals surface area contributed by atoms with Crippen LogP contribution in [0.5, 0.6) is 5.95 Å². The van der Waals surface area contributed by atoms with Crippen molar-refractivity contribution in [1.29, 1.82) is 0 Å². The Bertz CT molecular complexity index is 202. The summed E-state index contributed by atoms with van der Waals surface area (Å²) in [4.78, 5) is 9.70. The molecule has 1 aromatic rings. The van der Waals surface area contributed by atoms with Gasteiger partial charge in [-0.05, 0) is 13.0 Å². The van der Waals surface area contributed by atoms with Crippen molar-refractivity contribution in [1.82, 2.24) is 0 Å². The molecule has 0 unspecified atom stereocenters. The molecule has 0 saturated carbocycles. The van der Waals surface area contributed by atoms with E-state index in [1.54, 1.807) is 19.1 Å². The van der Waals surface area contributed by atoms with Gasteiger partial charge in [0.25, 0.3) is 5.95 Å². The molecule has 0 aliphatic heterocycles. The maximum atomic E-state index is 9.70. The molecule has 0 atom stereocenters. The molecule has 0 fully saturated rings. The number of ether oxygens (including phenoxy) is 1. The van der Waals surface area contributed by atoms with Gasteiger partial charge >= 0.3 is 6.47 Å². The van der Waals surface area contributed by atoms with Crippen molar-refractivity contribution in [3.8, 4) is 5.95 Å². The molecule has 48 valence electrons. The molecule has 0 radical (unpaired) electrons. The van der Waals surface area contributed by atoms with Gasteiger partial charge < -0.3 is 9.15 Å². The Labute approximate surface area is 52.2 Å². The molecule has 0 spiro atoms. The Kier molecular flexibility index (Phi) is 1.53. The second-order valence-electron chi connectivity index (χ2n) is 1.58. The van der Waals surface area contributed by atoms with E-state index in [4.69, 9.17) is 4.42 Å². The lowest BCUT2D eigenvalue weighted by Crippen LogP contribution is -1.84. The first-order valence-electron chi connectivity index (χ1n) is 2.49. The van der Waals surface area contributed by atoms with Crippen LogP contribution in [0.3, 0.4) is 0 Å². The summed E-state index contributed by atoms with van der Waals surface area (Å²) in [7, 11) is 0. The topological polar surface area (TPSA) is 39.4 Å². The molecule has 1 heterocycles. The summed E-state index contributed by atoms with van der Waals surface area (Å²) in [6, 6.07) is 3.31. The van der Waals surface area contributed by atoms with Crippen LogP contribution in [0.25, 0.3) is 0 Å². The normalized spacial score (nSPS) is 9.00. The lowest BCUT2D eigenvalue weighted by molar-refractivity contribution is -0.121. The van der Waals surface area contributed by atoms with E-state index >= 15 is 0 Å². The van der Waals surface area contributed by atoms with E-state index in [9.17, 15) is 4.79 Å². The summed E-state index contributed by atoms with van der Waals surface area (Å²) < 4.78 is 9.25. The maximum absolute atomic E-state index is 9.70. The molecule has 1 aromatic heterocycles. The summed E-state index contributed by atoms with van der Waals surface area (Å²) in [6.45, 7) is 2.11. The van der Waals surface area contributed by atoms with E-state index in [1.165, 1.54) is 0 Å². The molecule has 0 aromatic carbocycles. The largest absolute Gasteiger partial charge is 0.431 e. The average molecular weight is 126 g/mol. The molecule has 0 amide bonds. The number of furan rings is 1. The van der Waals surface area contributed by atoms with E-state index in [2.05, 4.69) is 4.74 Å². The number of hydrogen-bond acceptors (Lipinski definition) is 3. The van der Waals surface area contributed by atoms with E-state index in [0.717, 1.165) is 5.76 Å². The van der Waals surface area contributed by atoms with E-state index in [-0.39, 0.29) is 5.95 Å². The summed E-state index contributed by atoms with van der Waals surface area (Å²) >= 11 is 0. The van der Waals surface area contributed by atoms with Crippen molar-refractivity contribution in [2.45, 2.75) is 6.92 Å². The third-order valence-corrected chi connectivity index (χ3v) is 0.880. The minimum absolute atomic E-state index is 0.238. The predicted octanol–water partition coefficient (Wildman–Crippen LogP) is 1.12. The Morgan fingerprint density at radius 1 is 1.67 bits per heavy atom. The van der Waals surface area contributed by atoms with E-state index < -0.39 is 0 Å². The first-order valence-corrected chi connectivity index (χ1v) is 2.49. The van der Waals surface area contributed by atoms with Crippen LogP contribution in [0.2, 0.25) is 0 Å². The fraction of sp³-hybridized carbons (Fsp3) is 0.167. The molecule has 3 heteroatoms. The summed E-state index contributed by atoms with van der Waals surface area (Å²) in [5, 5.41) is 0. The van der Waals surface area contributed by atoms with Crippen molar-refractivity contribution in [3.63, 3.8) is 0 Å². The zero-order valence-electron chi connectivity index (χ0n) is 4.96. The molecule has 0 N–H and O–H groups in total. The van der Waals surface area contributed by atoms with E-state index in [0.29, 0.717) is 6.47 Å². The van der Waals surface area contributed by atoms with Crippen molar-refractivity contribution >= 4 is 6.47 Å². The lowest BCUT2D eigenvalue weighted by atomic mass is 10.5. The Balaban J connectivity index is 2.72. The lowest BCUT2D eigenvalue weighted by Gasteiger charge is -1.85. The van der Waals surface area contributed by atoms with Crippen molar-refractivity contribution < 1.29 is 13.9 Å². The number of carbonyl (C=O) groups is 1. The van der Waals surface area contributed by atoms with Crippen LogP contribution in [0.15, 0.2) is 16.5 Å². The maximum Gasteiger partial charge on any atom is 0.300 e. The minimum Gasteiger partial charge on any atom is -0.431 e. The van der Waals surface area contributed by atoms with Gasteiger partial charge in [0.15, 0.2) is 0 Å². The smallest absolute Gasteiger partial charge is 0.300 e. The van der Waals surface area contributed by atoms with Crippen LogP contribution in [-0.4, -0.2) is 6.47 Å². The highest BCUT2D eigenvalue weighted by atomic mass is 16.6. The van der Waals surface area contributed by atoms with Gasteiger partial charge in [-0.25, -0.2) is 0 Å². The predicted molar refractivity (Wildman–Crippen MR) is 30.1 cm³/mol. The zero-order valence-corrected chi connectivity index (χ0v) is 4.96. The molecule has 9 heavy (non-hydrogen) atoms. The number of aryl methyl sites for hydroxylation is 1. The Morgan fingerprint density at radius 2 is 2.44 bits per heavy atom. The first kappa shape index (κ1) is 5.88. The molecule has 0 aliphatic rings. The van der Waals surface area contributed by atoms with Gasteiger partial charge in [-0.1, -0.05) is 0 Å². The fourth-order valence-electron chi connectivity index (χ4n) is 0.523. The van der Waals surface area contributed by atoms with Gasteiger partial charge in [0.1, 0.15) is 5.76 Å². The summed E-state index contributed by atoms with van der Waals surface area (Å²) in [5.41, 5.74) is 0. The third-order valence-electron chi connectivity index (χ3n) is 0.880. The highest BCUT2D eigenvalue weighted by molar-refractivity contribution is 5.42. The highest BCUT2D eigenvalue weighted by Crippen LogP contribution is 2.13. The van der Waals surface area contributed by atoms with Crippen molar-refractivity contribution in [2.24, 2.45) is 0 Å². The van der Waals surface area contributed by atoms with Crippen molar-refractivity contribution in [3.05, 3.63) is 17.9 Å². The van der Waals surface area contributed by atoms with Crippen LogP contribution in [0.1, 0.15) is 5.76 Å². The standard InChI is InChI=1S/C6H6O3/c1-5-2-3-6(9-5)8-4-7/h2-4H,1H3. The van der Waals surface area contributed by atoms with Gasteiger partial charge in [-0.15, -0.1) is 0 Å². The van der Waals surface area contributed by atoms with Crippen LogP contribution in [0.4, 0.5) is 0 Å². The van der Waals surface area contributed by atoms with E-state index in [1.807, 2.05) is 0 Å². The Morgan fingerprint density at radius 3 is 2.89 bits per heavy atom. The first-order chi connectivity index (χ1) is 4.33. The highest BCUT2D eigenvalue weighted by Gasteiger charge is 1.95. The molecule has 0 aliphatic carbocycles. The Hall–Kier alpha value is -1.25. The second kappa shape index (κ2) is 2.35.